The molecule has 13 nitrogen and oxygen atoms in total. The van der Waals surface area contributed by atoms with E-state index in [0.29, 0.717) is 40.1 Å². The second kappa shape index (κ2) is 26.7. The Hall–Kier alpha value is -5.56. The Morgan fingerprint density at radius 3 is 2.26 bits per heavy atom. The quantitative estimate of drug-likeness (QED) is 0.0490. The highest BCUT2D eigenvalue weighted by Crippen LogP contribution is 2.41. The van der Waals surface area contributed by atoms with Crippen molar-refractivity contribution in [1.82, 2.24) is 40.2 Å². The van der Waals surface area contributed by atoms with Crippen LogP contribution in [0.25, 0.3) is 11.3 Å². The van der Waals surface area contributed by atoms with Gasteiger partial charge in [0.15, 0.2) is 0 Å². The summed E-state index contributed by atoms with van der Waals surface area (Å²) in [6, 6.07) is 26.8. The van der Waals surface area contributed by atoms with Crippen LogP contribution in [0.15, 0.2) is 103 Å². The standard InChI is InChI=1S/C57H69Cl2F4N8O5/c1-68(2)34-52-65-33-50(70(52)4)40-20-25-46(26-21-40)76-51-30-44(59)24-19-42(51)32-64-48(16-11-27-71-36-56(60,61)57(62,63)37-71)54(73)67-49(35-75-5)55(74)69(3)45(29-39-17-22-43(58)23-18-39)31-53(72)66-47-15-10-9-14-41(47)28-38-12-7-6-8-13-38/h6-8,12-14,17-26,30,33,41,45,47-49,64H,9-11,15-16,27-29,31-32,34-37H2,1-5H3,(H,66,72)(H,67,73)/t41-,45+,47+,48+,49+/m1/s1. The molecule has 4 aromatic carbocycles. The van der Waals surface area contributed by atoms with Crippen LogP contribution in [0.3, 0.4) is 0 Å². The molecule has 76 heavy (non-hydrogen) atoms. The summed E-state index contributed by atoms with van der Waals surface area (Å²) in [5.41, 5.74) is 4.47. The first-order valence-corrected chi connectivity index (χ1v) is 26.4. The van der Waals surface area contributed by atoms with E-state index in [1.54, 1.807) is 37.4 Å². The molecule has 409 valence electrons. The lowest BCUT2D eigenvalue weighted by Crippen LogP contribution is -2.56. The molecule has 3 N–H and O–H groups in total. The van der Waals surface area contributed by atoms with Gasteiger partial charge in [0.05, 0.1) is 44.2 Å². The number of benzene rings is 4. The molecule has 1 saturated carbocycles. The number of carbonyl (C=O) groups is 3. The molecule has 0 spiro atoms. The molecule has 2 heterocycles. The first kappa shape index (κ1) is 58.1. The van der Waals surface area contributed by atoms with Crippen molar-refractivity contribution in [1.29, 1.82) is 0 Å². The van der Waals surface area contributed by atoms with Crippen LogP contribution in [0.2, 0.25) is 10.0 Å². The van der Waals surface area contributed by atoms with E-state index in [9.17, 15) is 31.9 Å². The molecule has 1 radical (unpaired) electrons. The average Bonchev–Trinajstić information content (AvgIpc) is 3.84. The van der Waals surface area contributed by atoms with Gasteiger partial charge in [0.2, 0.25) is 17.7 Å². The molecule has 1 saturated heterocycles. The van der Waals surface area contributed by atoms with Crippen LogP contribution in [-0.2, 0) is 52.1 Å². The number of carbonyl (C=O) groups excluding carboxylic acids is 3. The molecule has 2 fully saturated rings. The van der Waals surface area contributed by atoms with Gasteiger partial charge < -0.3 is 39.8 Å². The number of amides is 3. The van der Waals surface area contributed by atoms with Gasteiger partial charge in [-0.1, -0.05) is 78.2 Å². The zero-order valence-electron chi connectivity index (χ0n) is 43.7. The molecular weight excluding hydrogens is 1020 g/mol. The molecule has 1 aromatic heterocycles. The topological polar surface area (TPSA) is 133 Å². The van der Waals surface area contributed by atoms with Gasteiger partial charge in [-0.15, -0.1) is 0 Å². The summed E-state index contributed by atoms with van der Waals surface area (Å²) in [5.74, 6) is -7.80. The number of nitrogens with zero attached hydrogens (tertiary/aromatic N) is 5. The van der Waals surface area contributed by atoms with Crippen LogP contribution < -0.4 is 20.7 Å². The number of halogens is 6. The van der Waals surface area contributed by atoms with Crippen LogP contribution in [0.1, 0.15) is 61.0 Å². The summed E-state index contributed by atoms with van der Waals surface area (Å²) >= 11 is 12.7. The van der Waals surface area contributed by atoms with Crippen LogP contribution in [0.5, 0.6) is 11.5 Å². The second-order valence-corrected chi connectivity index (χ2v) is 21.2. The fraction of sp³-hybridized carbons (Fsp3) is 0.456. The molecule has 5 aromatic rings. The van der Waals surface area contributed by atoms with Crippen LogP contribution >= 0.6 is 23.2 Å². The number of aromatic nitrogens is 2. The van der Waals surface area contributed by atoms with Crippen LogP contribution in [0.4, 0.5) is 17.6 Å². The van der Waals surface area contributed by atoms with Crippen molar-refractivity contribution in [2.24, 2.45) is 13.0 Å². The minimum absolute atomic E-state index is 0.0158. The maximum Gasteiger partial charge on any atom is 0.323 e. The largest absolute Gasteiger partial charge is 0.457 e. The predicted octanol–water partition coefficient (Wildman–Crippen LogP) is 9.40. The van der Waals surface area contributed by atoms with Crippen molar-refractivity contribution in [3.63, 3.8) is 0 Å². The number of likely N-dealkylation sites (N-methyl/N-ethyl adjacent to an activating group) is 1. The van der Waals surface area contributed by atoms with E-state index < -0.39 is 54.9 Å². The van der Waals surface area contributed by atoms with Crippen LogP contribution in [-0.4, -0.2) is 132 Å². The maximum atomic E-state index is 14.7. The van der Waals surface area contributed by atoms with E-state index in [-0.39, 0.29) is 56.8 Å². The Morgan fingerprint density at radius 2 is 1.58 bits per heavy atom. The smallest absolute Gasteiger partial charge is 0.323 e. The summed E-state index contributed by atoms with van der Waals surface area (Å²) in [7, 11) is 8.90. The lowest BCUT2D eigenvalue weighted by Gasteiger charge is -2.34. The third kappa shape index (κ3) is 15.8. The van der Waals surface area contributed by atoms with Gasteiger partial charge in [-0.3, -0.25) is 19.3 Å². The molecule has 5 atom stereocenters. The highest BCUT2D eigenvalue weighted by molar-refractivity contribution is 6.31. The molecule has 1 aliphatic carbocycles. The predicted molar refractivity (Wildman–Crippen MR) is 288 cm³/mol. The third-order valence-corrected chi connectivity index (χ3v) is 14.7. The van der Waals surface area contributed by atoms with Crippen molar-refractivity contribution in [2.45, 2.75) is 100 Å². The summed E-state index contributed by atoms with van der Waals surface area (Å²) in [6.07, 6.45) is 7.94. The van der Waals surface area contributed by atoms with E-state index in [1.807, 2.05) is 91.4 Å². The van der Waals surface area contributed by atoms with E-state index in [1.165, 1.54) is 17.6 Å². The highest BCUT2D eigenvalue weighted by atomic mass is 35.5. The molecule has 2 aliphatic rings. The Kier molecular flexibility index (Phi) is 20.4. The number of hydrogen-bond donors (Lipinski definition) is 3. The van der Waals surface area contributed by atoms with E-state index in [4.69, 9.17) is 32.7 Å². The fourth-order valence-electron chi connectivity index (χ4n) is 9.92. The lowest BCUT2D eigenvalue weighted by atomic mass is 9.80. The Balaban J connectivity index is 1.07. The summed E-state index contributed by atoms with van der Waals surface area (Å²) < 4.78 is 70.8. The maximum absolute atomic E-state index is 14.7. The molecular formula is C57H69Cl2F4N8O5. The van der Waals surface area contributed by atoms with Crippen molar-refractivity contribution in [3.8, 4) is 22.8 Å². The monoisotopic (exact) mass is 1090 g/mol. The van der Waals surface area contributed by atoms with Gasteiger partial charge in [-0.05, 0) is 131 Å². The average molecular weight is 1090 g/mol. The van der Waals surface area contributed by atoms with Crippen molar-refractivity contribution in [3.05, 3.63) is 142 Å². The van der Waals surface area contributed by atoms with E-state index in [2.05, 4.69) is 39.5 Å². The minimum atomic E-state index is -4.19. The molecule has 3 amide bonds. The van der Waals surface area contributed by atoms with Gasteiger partial charge in [-0.25, -0.2) is 4.98 Å². The summed E-state index contributed by atoms with van der Waals surface area (Å²) in [5, 5.41) is 10.3. The number of alkyl halides is 4. The number of nitrogens with one attached hydrogen (secondary N) is 3. The highest BCUT2D eigenvalue weighted by Gasteiger charge is 2.62. The number of methoxy groups -OCH3 is 1. The minimum Gasteiger partial charge on any atom is -0.457 e. The zero-order valence-corrected chi connectivity index (χ0v) is 45.2. The molecule has 1 aliphatic heterocycles. The fourth-order valence-corrected chi connectivity index (χ4v) is 10.2. The number of rotatable bonds is 25. The normalized spacial score (nSPS) is 18.5. The van der Waals surface area contributed by atoms with Crippen molar-refractivity contribution < 1.29 is 41.4 Å². The third-order valence-electron chi connectivity index (χ3n) is 14.2. The molecule has 0 bridgehead atoms. The molecule has 19 heteroatoms. The number of hydrogen-bond acceptors (Lipinski definition) is 9. The Morgan fingerprint density at radius 1 is 0.882 bits per heavy atom. The van der Waals surface area contributed by atoms with Gasteiger partial charge in [0.25, 0.3) is 0 Å². The SMILES string of the molecule is COC[C@H](NC(=O)[C@H](CCCN1CC(F)(F)C(F)(F)C1)NCc1ccc(Cl)cc1Oc1ccc(-c2cnc(CN(C)C)n2C)cc1)C(=O)N(C)[C@H](CC(=O)N[C@H]1CCC[CH][C@@H]1Cc1ccccc1)Cc1ccc(Cl)cc1. The van der Waals surface area contributed by atoms with Gasteiger partial charge in [-0.2, -0.15) is 17.6 Å². The van der Waals surface area contributed by atoms with E-state index >= 15 is 0 Å². The summed E-state index contributed by atoms with van der Waals surface area (Å²) in [6.45, 7) is -1.88. The van der Waals surface area contributed by atoms with Gasteiger partial charge in [0.1, 0.15) is 23.4 Å². The Bertz CT molecular complexity index is 2680. The van der Waals surface area contributed by atoms with E-state index in [0.717, 1.165) is 53.2 Å². The summed E-state index contributed by atoms with van der Waals surface area (Å²) in [4.78, 5) is 52.3. The van der Waals surface area contributed by atoms with Crippen molar-refractivity contribution >= 4 is 40.9 Å². The number of imidazole rings is 1. The van der Waals surface area contributed by atoms with Gasteiger partial charge >= 0.3 is 11.8 Å². The Labute approximate surface area is 453 Å². The first-order valence-electron chi connectivity index (χ1n) is 25.7. The number of ether oxygens (including phenoxy) is 2. The van der Waals surface area contributed by atoms with Crippen LogP contribution in [0, 0.1) is 12.3 Å². The molecule has 0 unspecified atom stereocenters. The lowest BCUT2D eigenvalue weighted by molar-refractivity contribution is -0.172. The second-order valence-electron chi connectivity index (χ2n) is 20.3. The first-order chi connectivity index (χ1) is 36.3. The molecule has 7 rings (SSSR count). The zero-order chi connectivity index (χ0) is 54.6. The number of likely N-dealkylation sites (tertiary alicyclic amines) is 1. The van der Waals surface area contributed by atoms with Crippen molar-refractivity contribution in [2.75, 3.05) is 54.5 Å². The van der Waals surface area contributed by atoms with Gasteiger partial charge in [0, 0.05) is 67.4 Å².